The van der Waals surface area contributed by atoms with Crippen molar-refractivity contribution in [2.24, 2.45) is 11.3 Å². The van der Waals surface area contributed by atoms with E-state index >= 15 is 0 Å². The van der Waals surface area contributed by atoms with Gasteiger partial charge in [-0.1, -0.05) is 65.2 Å². The second kappa shape index (κ2) is 16.6. The summed E-state index contributed by atoms with van der Waals surface area (Å²) < 4.78 is 35.1. The van der Waals surface area contributed by atoms with Crippen molar-refractivity contribution in [2.75, 3.05) is 26.4 Å². The Morgan fingerprint density at radius 3 is 2.16 bits per heavy atom. The maximum absolute atomic E-state index is 12.8. The first kappa shape index (κ1) is 32.8. The molecular weight excluding hydrogens is 556 g/mol. The van der Waals surface area contributed by atoms with E-state index in [4.69, 9.17) is 28.4 Å². The van der Waals surface area contributed by atoms with Crippen LogP contribution >= 0.6 is 0 Å². The lowest BCUT2D eigenvalue weighted by atomic mass is 9.90. The Morgan fingerprint density at radius 1 is 0.841 bits per heavy atom. The fourth-order valence-electron chi connectivity index (χ4n) is 6.07. The summed E-state index contributed by atoms with van der Waals surface area (Å²) in [4.78, 5) is 12.8. The highest BCUT2D eigenvalue weighted by Gasteiger charge is 2.43. The molecule has 0 amide bonds. The van der Waals surface area contributed by atoms with E-state index in [1.807, 2.05) is 24.3 Å². The molecule has 1 saturated carbocycles. The third kappa shape index (κ3) is 10.5. The summed E-state index contributed by atoms with van der Waals surface area (Å²) in [5, 5.41) is 0. The predicted octanol–water partition coefficient (Wildman–Crippen LogP) is 8.53. The van der Waals surface area contributed by atoms with Crippen molar-refractivity contribution >= 4 is 5.97 Å². The lowest BCUT2D eigenvalue weighted by Gasteiger charge is -2.38. The topological polar surface area (TPSA) is 75.8 Å². The van der Waals surface area contributed by atoms with Crippen LogP contribution in [0.3, 0.4) is 0 Å². The molecule has 4 atom stereocenters. The lowest BCUT2D eigenvalue weighted by Crippen LogP contribution is -2.44. The number of rotatable bonds is 20. The number of hydrogen-bond acceptors (Lipinski definition) is 7. The average Bonchev–Trinajstić information content (AvgIpc) is 3.81. The number of unbranched alkanes of at least 4 members (excludes halogenated alkanes) is 8. The van der Waals surface area contributed by atoms with Crippen LogP contribution in [0, 0.1) is 11.3 Å². The van der Waals surface area contributed by atoms with Crippen LogP contribution in [-0.4, -0.2) is 50.9 Å². The van der Waals surface area contributed by atoms with Gasteiger partial charge < -0.3 is 28.4 Å². The fourth-order valence-corrected chi connectivity index (χ4v) is 6.07. The standard InChI is InChI=1S/C37H52O7/c1-3-4-5-6-7-8-9-10-11-12-35(41-27-37(2)25-39-26-37)42-31-18-20-32(21-19-31)43-36(38)29-14-16-30(17-15-29)40-24-28-13-22-33-34(23-28)44-33/h14-21,28,33-35H,3-13,22-27H2,1-2H3. The minimum atomic E-state index is -0.406. The van der Waals surface area contributed by atoms with Crippen LogP contribution in [0.25, 0.3) is 0 Å². The molecule has 2 heterocycles. The Morgan fingerprint density at radius 2 is 1.50 bits per heavy atom. The first-order chi connectivity index (χ1) is 21.5. The van der Waals surface area contributed by atoms with Gasteiger partial charge in [-0.05, 0) is 80.1 Å². The maximum Gasteiger partial charge on any atom is 0.343 e. The molecule has 7 nitrogen and oxygen atoms in total. The number of esters is 1. The van der Waals surface area contributed by atoms with Gasteiger partial charge in [-0.3, -0.25) is 0 Å². The summed E-state index contributed by atoms with van der Waals surface area (Å²) in [6, 6.07) is 14.4. The molecule has 0 aromatic heterocycles. The van der Waals surface area contributed by atoms with E-state index in [0.717, 1.165) is 51.1 Å². The van der Waals surface area contributed by atoms with Gasteiger partial charge in [0.15, 0.2) is 6.29 Å². The minimum absolute atomic E-state index is 0.0630. The largest absolute Gasteiger partial charge is 0.493 e. The summed E-state index contributed by atoms with van der Waals surface area (Å²) in [5.41, 5.74) is 0.542. The normalized spacial score (nSPS) is 22.4. The van der Waals surface area contributed by atoms with Gasteiger partial charge in [-0.25, -0.2) is 4.79 Å². The number of carbonyl (C=O) groups is 1. The van der Waals surface area contributed by atoms with Crippen molar-refractivity contribution < 1.29 is 33.2 Å². The highest BCUT2D eigenvalue weighted by atomic mass is 16.7. The number of hydrogen-bond donors (Lipinski definition) is 0. The molecule has 0 bridgehead atoms. The first-order valence-electron chi connectivity index (χ1n) is 17.1. The van der Waals surface area contributed by atoms with Gasteiger partial charge in [-0.2, -0.15) is 0 Å². The molecule has 44 heavy (non-hydrogen) atoms. The Balaban J connectivity index is 1.04. The zero-order chi connectivity index (χ0) is 30.6. The predicted molar refractivity (Wildman–Crippen MR) is 170 cm³/mol. The summed E-state index contributed by atoms with van der Waals surface area (Å²) in [6.45, 7) is 7.20. The van der Waals surface area contributed by atoms with Crippen molar-refractivity contribution in [3.63, 3.8) is 0 Å². The number of fused-ring (bicyclic) bond motifs is 1. The van der Waals surface area contributed by atoms with Gasteiger partial charge in [0.2, 0.25) is 0 Å². The SMILES string of the molecule is CCCCCCCCCCCC(OCC1(C)COC1)Oc1ccc(OC(=O)c2ccc(OCC3CCC4OC4C3)cc2)cc1. The third-order valence-corrected chi connectivity index (χ3v) is 9.05. The van der Waals surface area contributed by atoms with E-state index < -0.39 is 5.97 Å². The zero-order valence-electron chi connectivity index (χ0n) is 26.8. The van der Waals surface area contributed by atoms with Crippen LogP contribution in [0.1, 0.15) is 108 Å². The molecule has 3 aliphatic rings. The maximum atomic E-state index is 12.8. The molecule has 4 unspecified atom stereocenters. The lowest BCUT2D eigenvalue weighted by molar-refractivity contribution is -0.179. The van der Waals surface area contributed by atoms with E-state index in [1.165, 1.54) is 51.4 Å². The van der Waals surface area contributed by atoms with E-state index in [1.54, 1.807) is 24.3 Å². The van der Waals surface area contributed by atoms with Crippen LogP contribution in [0.15, 0.2) is 48.5 Å². The number of ether oxygens (including phenoxy) is 6. The third-order valence-electron chi connectivity index (χ3n) is 9.05. The van der Waals surface area contributed by atoms with Crippen LogP contribution < -0.4 is 14.2 Å². The van der Waals surface area contributed by atoms with Gasteiger partial charge in [0.05, 0.1) is 44.2 Å². The highest BCUT2D eigenvalue weighted by Crippen LogP contribution is 2.39. The van der Waals surface area contributed by atoms with E-state index in [0.29, 0.717) is 48.4 Å². The van der Waals surface area contributed by atoms with Crippen LogP contribution in [0.4, 0.5) is 0 Å². The molecule has 7 heteroatoms. The molecule has 5 rings (SSSR count). The Hall–Kier alpha value is -2.61. The molecular formula is C37H52O7. The second-order valence-corrected chi connectivity index (χ2v) is 13.4. The molecule has 3 fully saturated rings. The summed E-state index contributed by atoms with van der Waals surface area (Å²) in [6.07, 6.45) is 16.4. The molecule has 2 saturated heterocycles. The first-order valence-corrected chi connectivity index (χ1v) is 17.1. The van der Waals surface area contributed by atoms with E-state index in [9.17, 15) is 4.79 Å². The van der Waals surface area contributed by atoms with E-state index in [-0.39, 0.29) is 11.7 Å². The molecule has 2 aliphatic heterocycles. The molecule has 0 radical (unpaired) electrons. The van der Waals surface area contributed by atoms with Gasteiger partial charge in [0.1, 0.15) is 17.2 Å². The fraction of sp³-hybridized carbons (Fsp3) is 0.649. The van der Waals surface area contributed by atoms with E-state index in [2.05, 4.69) is 13.8 Å². The minimum Gasteiger partial charge on any atom is -0.493 e. The molecule has 0 spiro atoms. The van der Waals surface area contributed by atoms with Crippen molar-refractivity contribution in [3.8, 4) is 17.2 Å². The Labute approximate surface area is 263 Å². The summed E-state index contributed by atoms with van der Waals surface area (Å²) >= 11 is 0. The Bertz CT molecular complexity index is 1130. The van der Waals surface area contributed by atoms with Crippen LogP contribution in [-0.2, 0) is 14.2 Å². The van der Waals surface area contributed by atoms with Crippen molar-refractivity contribution in [1.29, 1.82) is 0 Å². The summed E-state index contributed by atoms with van der Waals surface area (Å²) in [5.74, 6) is 2.06. The summed E-state index contributed by atoms with van der Waals surface area (Å²) in [7, 11) is 0. The zero-order valence-corrected chi connectivity index (χ0v) is 26.8. The second-order valence-electron chi connectivity index (χ2n) is 13.4. The van der Waals surface area contributed by atoms with Gasteiger partial charge in [-0.15, -0.1) is 0 Å². The van der Waals surface area contributed by atoms with Crippen molar-refractivity contribution in [1.82, 2.24) is 0 Å². The molecule has 242 valence electrons. The average molecular weight is 609 g/mol. The van der Waals surface area contributed by atoms with Gasteiger partial charge in [0, 0.05) is 11.8 Å². The quantitative estimate of drug-likeness (QED) is 0.0490. The monoisotopic (exact) mass is 608 g/mol. The van der Waals surface area contributed by atoms with Crippen LogP contribution in [0.5, 0.6) is 17.2 Å². The van der Waals surface area contributed by atoms with Crippen molar-refractivity contribution in [2.45, 2.75) is 116 Å². The molecule has 2 aromatic rings. The molecule has 2 aromatic carbocycles. The molecule has 1 aliphatic carbocycles. The number of benzene rings is 2. The van der Waals surface area contributed by atoms with Gasteiger partial charge >= 0.3 is 5.97 Å². The number of epoxide rings is 1. The van der Waals surface area contributed by atoms with Gasteiger partial charge in [0.25, 0.3) is 0 Å². The number of carbonyl (C=O) groups excluding carboxylic acids is 1. The molecule has 0 N–H and O–H groups in total. The highest BCUT2D eigenvalue weighted by molar-refractivity contribution is 5.91. The Kier molecular flexibility index (Phi) is 12.4. The van der Waals surface area contributed by atoms with Crippen LogP contribution in [0.2, 0.25) is 0 Å². The van der Waals surface area contributed by atoms with Crippen molar-refractivity contribution in [3.05, 3.63) is 54.1 Å². The smallest absolute Gasteiger partial charge is 0.343 e.